The predicted molar refractivity (Wildman–Crippen MR) is 61.1 cm³/mol. The van der Waals surface area contributed by atoms with Gasteiger partial charge in [0.15, 0.2) is 0 Å². The molecule has 1 aromatic rings. The van der Waals surface area contributed by atoms with Crippen molar-refractivity contribution in [2.45, 2.75) is 5.92 Å². The molecule has 0 spiro atoms. The van der Waals surface area contributed by atoms with E-state index < -0.39 is 0 Å². The number of allylic oxidation sites excluding steroid dienone is 1. The van der Waals surface area contributed by atoms with Gasteiger partial charge in [-0.25, -0.2) is 0 Å². The van der Waals surface area contributed by atoms with E-state index in [1.54, 1.807) is 32.6 Å². The molecule has 1 atom stereocenters. The number of hydrogen-bond donors (Lipinski definition) is 1. The van der Waals surface area contributed by atoms with Crippen LogP contribution in [-0.2, 0) is 4.79 Å². The van der Waals surface area contributed by atoms with Crippen LogP contribution in [0.4, 0.5) is 5.69 Å². The largest absolute Gasteiger partial charge is 0.497 e. The van der Waals surface area contributed by atoms with E-state index in [2.05, 4.69) is 5.32 Å². The highest BCUT2D eigenvalue weighted by molar-refractivity contribution is 5.77. The number of aldehydes is 1. The Labute approximate surface area is 93.9 Å². The summed E-state index contributed by atoms with van der Waals surface area (Å²) >= 11 is 0. The Balaban J connectivity index is 2.57. The van der Waals surface area contributed by atoms with Crippen LogP contribution in [0.1, 0.15) is 11.5 Å². The number of hydrogen-bond acceptors (Lipinski definition) is 4. The van der Waals surface area contributed by atoms with Crippen molar-refractivity contribution in [1.29, 1.82) is 0 Å². The fraction of sp³-hybridized carbons (Fsp3) is 0.250. The molecule has 1 unspecified atom stereocenters. The number of benzene rings is 1. The summed E-state index contributed by atoms with van der Waals surface area (Å²) in [5.41, 5.74) is 1.69. The van der Waals surface area contributed by atoms with Crippen molar-refractivity contribution < 1.29 is 14.3 Å². The van der Waals surface area contributed by atoms with E-state index in [9.17, 15) is 4.79 Å². The number of ether oxygens (including phenoxy) is 2. The number of methoxy groups -OCH3 is 2. The fourth-order valence-corrected chi connectivity index (χ4v) is 1.80. The van der Waals surface area contributed by atoms with Crippen molar-refractivity contribution in [1.82, 2.24) is 0 Å². The Morgan fingerprint density at radius 3 is 2.75 bits per heavy atom. The lowest BCUT2D eigenvalue weighted by molar-refractivity contribution is -0.108. The molecule has 0 radical (unpaired) electrons. The van der Waals surface area contributed by atoms with Gasteiger partial charge in [0, 0.05) is 23.4 Å². The van der Waals surface area contributed by atoms with Crippen LogP contribution in [0.2, 0.25) is 0 Å². The Hall–Kier alpha value is -1.97. The van der Waals surface area contributed by atoms with E-state index in [4.69, 9.17) is 9.47 Å². The van der Waals surface area contributed by atoms with Gasteiger partial charge in [0.05, 0.1) is 20.1 Å². The summed E-state index contributed by atoms with van der Waals surface area (Å²) in [6.45, 7) is 0. The quantitative estimate of drug-likeness (QED) is 0.789. The highest BCUT2D eigenvalue weighted by Crippen LogP contribution is 2.39. The van der Waals surface area contributed by atoms with Crippen LogP contribution in [0.3, 0.4) is 0 Å². The maximum Gasteiger partial charge on any atom is 0.131 e. The van der Waals surface area contributed by atoms with Gasteiger partial charge in [0.1, 0.15) is 17.8 Å². The van der Waals surface area contributed by atoms with Crippen LogP contribution in [0.15, 0.2) is 24.4 Å². The van der Waals surface area contributed by atoms with E-state index in [1.165, 1.54) is 0 Å². The normalized spacial score (nSPS) is 17.2. The monoisotopic (exact) mass is 219 g/mol. The molecule has 1 aromatic carbocycles. The lowest BCUT2D eigenvalue weighted by Crippen LogP contribution is -2.09. The van der Waals surface area contributed by atoms with Gasteiger partial charge in [-0.2, -0.15) is 0 Å². The lowest BCUT2D eigenvalue weighted by atomic mass is 9.95. The number of fused-ring (bicyclic) bond motifs is 1. The molecule has 4 heteroatoms. The Morgan fingerprint density at radius 1 is 1.31 bits per heavy atom. The molecular weight excluding hydrogens is 206 g/mol. The zero-order chi connectivity index (χ0) is 11.5. The van der Waals surface area contributed by atoms with Crippen LogP contribution in [0, 0.1) is 0 Å². The topological polar surface area (TPSA) is 47.6 Å². The standard InChI is InChI=1S/C12H13NO3/c1-15-9-5-10-12(11(6-9)16-2)8(7-14)3-4-13-10/h3-8,13H,1-2H3. The van der Waals surface area contributed by atoms with Crippen LogP contribution >= 0.6 is 0 Å². The van der Waals surface area contributed by atoms with Crippen molar-refractivity contribution in [3.63, 3.8) is 0 Å². The molecule has 1 aliphatic rings. The summed E-state index contributed by atoms with van der Waals surface area (Å²) in [6, 6.07) is 3.62. The van der Waals surface area contributed by atoms with Gasteiger partial charge in [0.2, 0.25) is 0 Å². The van der Waals surface area contributed by atoms with E-state index in [-0.39, 0.29) is 5.92 Å². The van der Waals surface area contributed by atoms with Crippen molar-refractivity contribution in [3.05, 3.63) is 30.0 Å². The molecule has 4 nitrogen and oxygen atoms in total. The van der Waals surface area contributed by atoms with Crippen LogP contribution < -0.4 is 14.8 Å². The van der Waals surface area contributed by atoms with Gasteiger partial charge in [-0.15, -0.1) is 0 Å². The minimum atomic E-state index is -0.267. The first-order chi connectivity index (χ1) is 7.80. The van der Waals surface area contributed by atoms with Crippen molar-refractivity contribution in [3.8, 4) is 11.5 Å². The molecule has 84 valence electrons. The van der Waals surface area contributed by atoms with Gasteiger partial charge in [-0.05, 0) is 6.20 Å². The van der Waals surface area contributed by atoms with Crippen molar-refractivity contribution >= 4 is 12.0 Å². The number of anilines is 1. The van der Waals surface area contributed by atoms with E-state index >= 15 is 0 Å². The first-order valence-corrected chi connectivity index (χ1v) is 4.94. The lowest BCUT2D eigenvalue weighted by Gasteiger charge is -2.21. The number of carbonyl (C=O) groups is 1. The smallest absolute Gasteiger partial charge is 0.131 e. The Bertz CT molecular complexity index is 440. The average Bonchev–Trinajstić information content (AvgIpc) is 2.36. The third kappa shape index (κ3) is 1.62. The highest BCUT2D eigenvalue weighted by atomic mass is 16.5. The summed E-state index contributed by atoms with van der Waals surface area (Å²) in [6.07, 6.45) is 4.44. The molecule has 0 saturated heterocycles. The summed E-state index contributed by atoms with van der Waals surface area (Å²) in [7, 11) is 3.17. The van der Waals surface area contributed by atoms with Gasteiger partial charge < -0.3 is 19.6 Å². The second kappa shape index (κ2) is 4.26. The minimum Gasteiger partial charge on any atom is -0.497 e. The van der Waals surface area contributed by atoms with Gasteiger partial charge >= 0.3 is 0 Å². The highest BCUT2D eigenvalue weighted by Gasteiger charge is 2.21. The summed E-state index contributed by atoms with van der Waals surface area (Å²) in [4.78, 5) is 11.0. The molecule has 0 fully saturated rings. The van der Waals surface area contributed by atoms with E-state index in [1.807, 2.05) is 6.07 Å². The molecule has 16 heavy (non-hydrogen) atoms. The van der Waals surface area contributed by atoms with Gasteiger partial charge in [0.25, 0.3) is 0 Å². The molecule has 0 amide bonds. The summed E-state index contributed by atoms with van der Waals surface area (Å²) in [5, 5.41) is 3.08. The molecule has 1 aliphatic heterocycles. The van der Waals surface area contributed by atoms with Crippen LogP contribution in [0.25, 0.3) is 0 Å². The van der Waals surface area contributed by atoms with Crippen molar-refractivity contribution in [2.75, 3.05) is 19.5 Å². The SMILES string of the molecule is COc1cc2c(c(OC)c1)C(C=O)C=CN2. The van der Waals surface area contributed by atoms with Gasteiger partial charge in [-0.1, -0.05) is 6.08 Å². The molecule has 1 N–H and O–H groups in total. The average molecular weight is 219 g/mol. The summed E-state index contributed by atoms with van der Waals surface area (Å²) < 4.78 is 10.4. The second-order valence-corrected chi connectivity index (χ2v) is 3.46. The zero-order valence-corrected chi connectivity index (χ0v) is 9.19. The maximum absolute atomic E-state index is 11.0. The van der Waals surface area contributed by atoms with E-state index in [0.29, 0.717) is 11.5 Å². The number of nitrogens with one attached hydrogen (secondary N) is 1. The maximum atomic E-state index is 11.0. The first kappa shape index (κ1) is 10.5. The molecule has 1 heterocycles. The summed E-state index contributed by atoms with van der Waals surface area (Å²) in [5.74, 6) is 1.09. The Kier molecular flexibility index (Phi) is 2.81. The van der Waals surface area contributed by atoms with Crippen LogP contribution in [0.5, 0.6) is 11.5 Å². The molecule has 0 saturated carbocycles. The molecule has 0 aliphatic carbocycles. The van der Waals surface area contributed by atoms with Crippen LogP contribution in [-0.4, -0.2) is 20.5 Å². The third-order valence-electron chi connectivity index (χ3n) is 2.59. The molecule has 0 aromatic heterocycles. The minimum absolute atomic E-state index is 0.267. The van der Waals surface area contributed by atoms with E-state index in [0.717, 1.165) is 17.5 Å². The number of rotatable bonds is 3. The Morgan fingerprint density at radius 2 is 2.12 bits per heavy atom. The third-order valence-corrected chi connectivity index (χ3v) is 2.59. The predicted octanol–water partition coefficient (Wildman–Crippen LogP) is 1.93. The molecular formula is C12H13NO3. The second-order valence-electron chi connectivity index (χ2n) is 3.46. The van der Waals surface area contributed by atoms with Crippen molar-refractivity contribution in [2.24, 2.45) is 0 Å². The molecule has 2 rings (SSSR count). The molecule has 0 bridgehead atoms. The first-order valence-electron chi connectivity index (χ1n) is 4.94. The fourth-order valence-electron chi connectivity index (χ4n) is 1.80. The zero-order valence-electron chi connectivity index (χ0n) is 9.19. The van der Waals surface area contributed by atoms with Gasteiger partial charge in [-0.3, -0.25) is 0 Å². The number of carbonyl (C=O) groups excluding carboxylic acids is 1.